The Morgan fingerprint density at radius 1 is 1.36 bits per heavy atom. The SMILES string of the molecule is CC1CN(C(C)CNC(=O)Cn2nc3ccccn3c2=O)CC(C)O1. The maximum Gasteiger partial charge on any atom is 0.350 e. The fourth-order valence-electron chi connectivity index (χ4n) is 3.23. The Labute approximate surface area is 146 Å². The van der Waals surface area contributed by atoms with Crippen LogP contribution in [0.1, 0.15) is 20.8 Å². The third-order valence-electron chi connectivity index (χ3n) is 4.45. The predicted octanol–water partition coefficient (Wildman–Crippen LogP) is 0.110. The molecule has 1 aliphatic heterocycles. The molecule has 0 bridgehead atoms. The Balaban J connectivity index is 1.55. The van der Waals surface area contributed by atoms with Crippen LogP contribution < -0.4 is 11.0 Å². The van der Waals surface area contributed by atoms with Crippen molar-refractivity contribution < 1.29 is 9.53 Å². The van der Waals surface area contributed by atoms with Crippen molar-refractivity contribution in [3.63, 3.8) is 0 Å². The lowest BCUT2D eigenvalue weighted by Gasteiger charge is -2.38. The molecule has 3 unspecified atom stereocenters. The van der Waals surface area contributed by atoms with Crippen LogP contribution >= 0.6 is 0 Å². The number of rotatable bonds is 5. The highest BCUT2D eigenvalue weighted by Crippen LogP contribution is 2.13. The Morgan fingerprint density at radius 3 is 2.76 bits per heavy atom. The second-order valence-corrected chi connectivity index (χ2v) is 6.73. The van der Waals surface area contributed by atoms with Crippen LogP contribution in [0.4, 0.5) is 0 Å². The third kappa shape index (κ3) is 4.08. The van der Waals surface area contributed by atoms with Gasteiger partial charge >= 0.3 is 5.69 Å². The van der Waals surface area contributed by atoms with Crippen LogP contribution in [-0.4, -0.2) is 62.9 Å². The molecule has 3 atom stereocenters. The van der Waals surface area contributed by atoms with E-state index in [1.807, 2.05) is 0 Å². The first-order valence-electron chi connectivity index (χ1n) is 8.64. The molecular formula is C17H25N5O3. The normalized spacial score (nSPS) is 22.8. The molecule has 3 rings (SSSR count). The second kappa shape index (κ2) is 7.37. The van der Waals surface area contributed by atoms with Crippen LogP contribution in [-0.2, 0) is 16.1 Å². The smallest absolute Gasteiger partial charge is 0.350 e. The molecule has 0 aromatic carbocycles. The van der Waals surface area contributed by atoms with Crippen molar-refractivity contribution in [1.82, 2.24) is 24.4 Å². The molecule has 0 aliphatic carbocycles. The molecule has 0 radical (unpaired) electrons. The van der Waals surface area contributed by atoms with Crippen molar-refractivity contribution in [1.29, 1.82) is 0 Å². The largest absolute Gasteiger partial charge is 0.373 e. The summed E-state index contributed by atoms with van der Waals surface area (Å²) < 4.78 is 8.35. The minimum absolute atomic E-state index is 0.0802. The van der Waals surface area contributed by atoms with Gasteiger partial charge in [-0.25, -0.2) is 9.48 Å². The summed E-state index contributed by atoms with van der Waals surface area (Å²) in [4.78, 5) is 26.7. The van der Waals surface area contributed by atoms with Crippen LogP contribution in [0, 0.1) is 0 Å². The maximum atomic E-state index is 12.2. The molecule has 1 amide bonds. The summed E-state index contributed by atoms with van der Waals surface area (Å²) in [7, 11) is 0. The van der Waals surface area contributed by atoms with Gasteiger partial charge in [0, 0.05) is 31.9 Å². The molecule has 8 heteroatoms. The maximum absolute atomic E-state index is 12.2. The minimum Gasteiger partial charge on any atom is -0.373 e. The summed E-state index contributed by atoms with van der Waals surface area (Å²) in [6, 6.07) is 5.50. The third-order valence-corrected chi connectivity index (χ3v) is 4.45. The molecule has 2 aromatic heterocycles. The van der Waals surface area contributed by atoms with E-state index in [2.05, 4.69) is 36.1 Å². The molecule has 0 spiro atoms. The van der Waals surface area contributed by atoms with Crippen molar-refractivity contribution in [2.24, 2.45) is 0 Å². The van der Waals surface area contributed by atoms with E-state index in [0.717, 1.165) is 13.1 Å². The standard InChI is InChI=1S/C17H25N5O3/c1-12(20-9-13(2)25-14(3)10-20)8-18-16(23)11-22-17(24)21-7-5-4-6-15(21)19-22/h4-7,12-14H,8-11H2,1-3H3,(H,18,23). The second-order valence-electron chi connectivity index (χ2n) is 6.73. The number of fused-ring (bicyclic) bond motifs is 1. The van der Waals surface area contributed by atoms with E-state index in [0.29, 0.717) is 12.2 Å². The lowest BCUT2D eigenvalue weighted by Crippen LogP contribution is -2.52. The van der Waals surface area contributed by atoms with E-state index < -0.39 is 0 Å². The summed E-state index contributed by atoms with van der Waals surface area (Å²) >= 11 is 0. The molecule has 3 heterocycles. The van der Waals surface area contributed by atoms with Crippen LogP contribution in [0.2, 0.25) is 0 Å². The first kappa shape index (κ1) is 17.6. The van der Waals surface area contributed by atoms with Gasteiger partial charge in [-0.2, -0.15) is 0 Å². The van der Waals surface area contributed by atoms with Crippen molar-refractivity contribution in [3.05, 3.63) is 34.9 Å². The Bertz CT molecular complexity index is 789. The number of carbonyl (C=O) groups is 1. The van der Waals surface area contributed by atoms with Crippen molar-refractivity contribution in [2.45, 2.75) is 45.6 Å². The molecule has 2 aromatic rings. The number of aromatic nitrogens is 3. The van der Waals surface area contributed by atoms with E-state index in [-0.39, 0.29) is 36.4 Å². The van der Waals surface area contributed by atoms with Crippen molar-refractivity contribution >= 4 is 11.6 Å². The van der Waals surface area contributed by atoms with E-state index >= 15 is 0 Å². The van der Waals surface area contributed by atoms with Crippen LogP contribution in [0.5, 0.6) is 0 Å². The van der Waals surface area contributed by atoms with Crippen LogP contribution in [0.15, 0.2) is 29.2 Å². The predicted molar refractivity (Wildman–Crippen MR) is 93.5 cm³/mol. The number of hydrogen-bond acceptors (Lipinski definition) is 5. The zero-order valence-electron chi connectivity index (χ0n) is 14.9. The number of ether oxygens (including phenoxy) is 1. The van der Waals surface area contributed by atoms with Gasteiger partial charge in [-0.15, -0.1) is 5.10 Å². The Hall–Kier alpha value is -2.19. The van der Waals surface area contributed by atoms with E-state index in [9.17, 15) is 9.59 Å². The summed E-state index contributed by atoms with van der Waals surface area (Å²) in [5, 5.41) is 7.07. The molecular weight excluding hydrogens is 322 g/mol. The van der Waals surface area contributed by atoms with Crippen molar-refractivity contribution in [3.8, 4) is 0 Å². The summed E-state index contributed by atoms with van der Waals surface area (Å²) in [5.74, 6) is -0.216. The lowest BCUT2D eigenvalue weighted by molar-refractivity contribution is -0.122. The lowest BCUT2D eigenvalue weighted by atomic mass is 10.1. The quantitative estimate of drug-likeness (QED) is 0.830. The van der Waals surface area contributed by atoms with Gasteiger partial charge in [-0.3, -0.25) is 14.1 Å². The zero-order chi connectivity index (χ0) is 18.0. The monoisotopic (exact) mass is 347 g/mol. The summed E-state index contributed by atoms with van der Waals surface area (Å²) in [6.45, 7) is 8.36. The molecule has 1 aliphatic rings. The molecule has 1 N–H and O–H groups in total. The highest BCUT2D eigenvalue weighted by molar-refractivity contribution is 5.75. The molecule has 1 saturated heterocycles. The number of hydrogen-bond donors (Lipinski definition) is 1. The van der Waals surface area contributed by atoms with Gasteiger partial charge in [-0.1, -0.05) is 6.07 Å². The Kier molecular flexibility index (Phi) is 5.19. The topological polar surface area (TPSA) is 80.9 Å². The van der Waals surface area contributed by atoms with Gasteiger partial charge in [0.15, 0.2) is 5.65 Å². The average Bonchev–Trinajstić information content (AvgIpc) is 2.88. The van der Waals surface area contributed by atoms with Gasteiger partial charge in [0.05, 0.1) is 12.2 Å². The zero-order valence-corrected chi connectivity index (χ0v) is 14.9. The van der Waals surface area contributed by atoms with E-state index in [1.165, 1.54) is 9.08 Å². The number of amides is 1. The summed E-state index contributed by atoms with van der Waals surface area (Å²) in [6.07, 6.45) is 2.03. The van der Waals surface area contributed by atoms with E-state index in [4.69, 9.17) is 4.74 Å². The molecule has 1 fully saturated rings. The highest BCUT2D eigenvalue weighted by Gasteiger charge is 2.25. The number of morpholine rings is 1. The van der Waals surface area contributed by atoms with Gasteiger partial charge in [0.25, 0.3) is 0 Å². The number of nitrogens with one attached hydrogen (secondary N) is 1. The number of carbonyl (C=O) groups excluding carboxylic acids is 1. The minimum atomic E-state index is -0.311. The van der Waals surface area contributed by atoms with E-state index in [1.54, 1.807) is 24.4 Å². The Morgan fingerprint density at radius 2 is 2.08 bits per heavy atom. The fraction of sp³-hybridized carbons (Fsp3) is 0.588. The average molecular weight is 347 g/mol. The van der Waals surface area contributed by atoms with Gasteiger partial charge < -0.3 is 10.1 Å². The fourth-order valence-corrected chi connectivity index (χ4v) is 3.23. The van der Waals surface area contributed by atoms with Gasteiger partial charge in [0.1, 0.15) is 6.54 Å². The van der Waals surface area contributed by atoms with Gasteiger partial charge in [-0.05, 0) is 32.9 Å². The van der Waals surface area contributed by atoms with Crippen molar-refractivity contribution in [2.75, 3.05) is 19.6 Å². The molecule has 136 valence electrons. The number of pyridine rings is 1. The van der Waals surface area contributed by atoms with Gasteiger partial charge in [0.2, 0.25) is 5.91 Å². The first-order chi connectivity index (χ1) is 11.9. The summed E-state index contributed by atoms with van der Waals surface area (Å²) in [5.41, 5.74) is 0.222. The number of nitrogens with zero attached hydrogens (tertiary/aromatic N) is 4. The molecule has 25 heavy (non-hydrogen) atoms. The molecule has 8 nitrogen and oxygen atoms in total. The van der Waals surface area contributed by atoms with Crippen LogP contribution in [0.3, 0.4) is 0 Å². The highest BCUT2D eigenvalue weighted by atomic mass is 16.5. The molecule has 0 saturated carbocycles. The van der Waals surface area contributed by atoms with Crippen LogP contribution in [0.25, 0.3) is 5.65 Å². The first-order valence-corrected chi connectivity index (χ1v) is 8.64.